The predicted molar refractivity (Wildman–Crippen MR) is 58.0 cm³/mol. The van der Waals surface area contributed by atoms with Crippen LogP contribution in [0.2, 0.25) is 0 Å². The van der Waals surface area contributed by atoms with Crippen LogP contribution in [0.3, 0.4) is 0 Å². The molecule has 4 N–H and O–H groups in total. The molecular formula is C9H9N2O4P. The highest BCUT2D eigenvalue weighted by Crippen LogP contribution is 2.37. The van der Waals surface area contributed by atoms with Crippen molar-refractivity contribution >= 4 is 18.7 Å². The number of nitrogens with zero attached hydrogens (tertiary/aromatic N) is 1. The van der Waals surface area contributed by atoms with E-state index in [1.54, 1.807) is 18.2 Å². The van der Waals surface area contributed by atoms with Gasteiger partial charge in [0.05, 0.1) is 6.26 Å². The zero-order valence-electron chi connectivity index (χ0n) is 8.07. The van der Waals surface area contributed by atoms with Gasteiger partial charge in [-0.1, -0.05) is 6.07 Å². The molecule has 0 saturated heterocycles. The Morgan fingerprint density at radius 1 is 1.31 bits per heavy atom. The monoisotopic (exact) mass is 240 g/mol. The largest absolute Gasteiger partial charge is 0.462 e. The Hall–Kier alpha value is -1.62. The summed E-state index contributed by atoms with van der Waals surface area (Å²) in [6.07, 6.45) is 1.20. The first-order valence-electron chi connectivity index (χ1n) is 4.35. The van der Waals surface area contributed by atoms with Crippen molar-refractivity contribution in [1.82, 2.24) is 4.98 Å². The molecule has 0 fully saturated rings. The number of anilines is 1. The van der Waals surface area contributed by atoms with Crippen molar-refractivity contribution in [3.63, 3.8) is 0 Å². The van der Waals surface area contributed by atoms with Crippen LogP contribution in [0.1, 0.15) is 0 Å². The lowest BCUT2D eigenvalue weighted by Gasteiger charge is -2.04. The van der Waals surface area contributed by atoms with Gasteiger partial charge in [0.15, 0.2) is 5.76 Å². The van der Waals surface area contributed by atoms with Gasteiger partial charge in [0.2, 0.25) is 0 Å². The van der Waals surface area contributed by atoms with Crippen LogP contribution in [-0.2, 0) is 4.57 Å². The summed E-state index contributed by atoms with van der Waals surface area (Å²) in [7, 11) is -4.36. The fourth-order valence-corrected chi connectivity index (χ4v) is 1.99. The molecule has 0 aliphatic heterocycles. The van der Waals surface area contributed by atoms with Gasteiger partial charge in [0.25, 0.3) is 0 Å². The molecule has 0 amide bonds. The maximum Gasteiger partial charge on any atom is 0.360 e. The van der Waals surface area contributed by atoms with Crippen LogP contribution in [0.5, 0.6) is 0 Å². The van der Waals surface area contributed by atoms with Gasteiger partial charge < -0.3 is 19.9 Å². The van der Waals surface area contributed by atoms with Crippen LogP contribution in [-0.4, -0.2) is 14.8 Å². The van der Waals surface area contributed by atoms with E-state index in [0.29, 0.717) is 5.69 Å². The second-order valence-corrected chi connectivity index (χ2v) is 4.70. The number of rotatable bonds is 2. The summed E-state index contributed by atoms with van der Waals surface area (Å²) in [6.45, 7) is 0. The van der Waals surface area contributed by atoms with Gasteiger partial charge in [-0.3, -0.25) is 4.57 Å². The molecule has 0 atom stereocenters. The number of furan rings is 1. The number of hydrogen-bond donors (Lipinski definition) is 3. The van der Waals surface area contributed by atoms with E-state index in [-0.39, 0.29) is 16.9 Å². The molecule has 0 unspecified atom stereocenters. The maximum absolute atomic E-state index is 11.1. The summed E-state index contributed by atoms with van der Waals surface area (Å²) in [5, 5.41) is -0.189. The molecule has 2 rings (SSSR count). The highest BCUT2D eigenvalue weighted by Gasteiger charge is 2.25. The first kappa shape index (κ1) is 10.9. The van der Waals surface area contributed by atoms with Gasteiger partial charge in [0.1, 0.15) is 16.8 Å². The van der Waals surface area contributed by atoms with Gasteiger partial charge in [-0.05, 0) is 18.2 Å². The molecule has 0 saturated carbocycles. The van der Waals surface area contributed by atoms with E-state index >= 15 is 0 Å². The topological polar surface area (TPSA) is 110 Å². The molecule has 0 aliphatic carbocycles. The molecule has 0 radical (unpaired) electrons. The molecule has 0 aromatic carbocycles. The molecule has 84 valence electrons. The average molecular weight is 240 g/mol. The smallest absolute Gasteiger partial charge is 0.360 e. The van der Waals surface area contributed by atoms with E-state index in [4.69, 9.17) is 19.9 Å². The zero-order valence-corrected chi connectivity index (χ0v) is 8.96. The van der Waals surface area contributed by atoms with E-state index < -0.39 is 7.60 Å². The summed E-state index contributed by atoms with van der Waals surface area (Å²) >= 11 is 0. The zero-order chi connectivity index (χ0) is 11.8. The summed E-state index contributed by atoms with van der Waals surface area (Å²) in [5.74, 6) is 0.297. The van der Waals surface area contributed by atoms with E-state index in [9.17, 15) is 4.57 Å². The number of nitrogen functional groups attached to an aromatic ring is 1. The van der Waals surface area contributed by atoms with E-state index in [2.05, 4.69) is 4.98 Å². The van der Waals surface area contributed by atoms with Crippen LogP contribution >= 0.6 is 7.60 Å². The highest BCUT2D eigenvalue weighted by atomic mass is 31.2. The summed E-state index contributed by atoms with van der Waals surface area (Å²) in [5.41, 5.74) is 5.77. The van der Waals surface area contributed by atoms with Gasteiger partial charge in [-0.15, -0.1) is 0 Å². The van der Waals surface area contributed by atoms with Crippen LogP contribution in [0, 0.1) is 0 Å². The van der Waals surface area contributed by atoms with Crippen LogP contribution < -0.4 is 11.0 Å². The normalized spacial score (nSPS) is 11.6. The Bertz CT molecular complexity index is 560. The van der Waals surface area contributed by atoms with Crippen molar-refractivity contribution in [2.24, 2.45) is 0 Å². The summed E-state index contributed by atoms with van der Waals surface area (Å²) < 4.78 is 16.2. The average Bonchev–Trinajstić information content (AvgIpc) is 2.65. The molecule has 2 aromatic rings. The van der Waals surface area contributed by atoms with E-state index in [0.717, 1.165) is 0 Å². The van der Waals surface area contributed by atoms with E-state index in [1.165, 1.54) is 12.3 Å². The Morgan fingerprint density at radius 2 is 2.06 bits per heavy atom. The predicted octanol–water partition coefficient (Wildman–Crippen LogP) is 0.727. The number of aromatic nitrogens is 1. The van der Waals surface area contributed by atoms with Crippen molar-refractivity contribution in [3.8, 4) is 11.5 Å². The van der Waals surface area contributed by atoms with Crippen molar-refractivity contribution in [1.29, 1.82) is 0 Å². The van der Waals surface area contributed by atoms with Gasteiger partial charge >= 0.3 is 7.60 Å². The lowest BCUT2D eigenvalue weighted by molar-refractivity contribution is 0.387. The molecule has 16 heavy (non-hydrogen) atoms. The summed E-state index contributed by atoms with van der Waals surface area (Å²) in [4.78, 5) is 22.1. The third-order valence-electron chi connectivity index (χ3n) is 1.96. The van der Waals surface area contributed by atoms with Crippen LogP contribution in [0.4, 0.5) is 5.82 Å². The van der Waals surface area contributed by atoms with Crippen LogP contribution in [0.25, 0.3) is 11.5 Å². The Morgan fingerprint density at radius 3 is 2.69 bits per heavy atom. The second kappa shape index (κ2) is 3.75. The Labute approximate surface area is 90.9 Å². The highest BCUT2D eigenvalue weighted by molar-refractivity contribution is 7.60. The van der Waals surface area contributed by atoms with Gasteiger partial charge in [-0.2, -0.15) is 0 Å². The SMILES string of the molecule is Nc1cccc(-c2occc2P(=O)(O)O)n1. The molecule has 2 aromatic heterocycles. The van der Waals surface area contributed by atoms with Gasteiger partial charge in [-0.25, -0.2) is 4.98 Å². The van der Waals surface area contributed by atoms with Crippen molar-refractivity contribution < 1.29 is 18.8 Å². The Kier molecular flexibility index (Phi) is 2.55. The number of hydrogen-bond acceptors (Lipinski definition) is 4. The maximum atomic E-state index is 11.1. The molecule has 0 bridgehead atoms. The lowest BCUT2D eigenvalue weighted by Crippen LogP contribution is -2.05. The minimum Gasteiger partial charge on any atom is -0.462 e. The molecule has 0 aliphatic rings. The standard InChI is InChI=1S/C9H9N2O4P/c10-8-3-1-2-6(11-8)9-7(4-5-15-9)16(12,13)14/h1-5H,(H2,10,11)(H2,12,13,14). The number of nitrogens with two attached hydrogens (primary N) is 1. The quantitative estimate of drug-likeness (QED) is 0.667. The fourth-order valence-electron chi connectivity index (χ4n) is 1.30. The molecular weight excluding hydrogens is 231 g/mol. The van der Waals surface area contributed by atoms with Gasteiger partial charge in [0, 0.05) is 0 Å². The molecule has 7 heteroatoms. The minimum atomic E-state index is -4.36. The first-order chi connectivity index (χ1) is 7.48. The third kappa shape index (κ3) is 1.99. The van der Waals surface area contributed by atoms with Crippen molar-refractivity contribution in [2.75, 3.05) is 5.73 Å². The van der Waals surface area contributed by atoms with Crippen LogP contribution in [0.15, 0.2) is 34.9 Å². The molecule has 6 nitrogen and oxygen atoms in total. The number of pyridine rings is 1. The fraction of sp³-hybridized carbons (Fsp3) is 0. The Balaban J connectivity index is 2.58. The lowest BCUT2D eigenvalue weighted by atomic mass is 10.3. The molecule has 2 heterocycles. The van der Waals surface area contributed by atoms with Crippen molar-refractivity contribution in [3.05, 3.63) is 30.5 Å². The second-order valence-electron chi connectivity index (χ2n) is 3.13. The van der Waals surface area contributed by atoms with E-state index in [1.807, 2.05) is 0 Å². The first-order valence-corrected chi connectivity index (χ1v) is 5.96. The van der Waals surface area contributed by atoms with Crippen molar-refractivity contribution in [2.45, 2.75) is 0 Å². The minimum absolute atomic E-state index is 0.0423. The third-order valence-corrected chi connectivity index (χ3v) is 2.94. The summed E-state index contributed by atoms with van der Waals surface area (Å²) in [6, 6.07) is 5.99. The molecule has 0 spiro atoms.